The first-order valence-corrected chi connectivity index (χ1v) is 3.80. The molecule has 1 aliphatic heterocycles. The molecule has 1 amide bonds. The number of carbonyl (C=O) groups excluding carboxylic acids is 1. The minimum Gasteiger partial charge on any atom is -0.341 e. The van der Waals surface area contributed by atoms with E-state index < -0.39 is 0 Å². The van der Waals surface area contributed by atoms with E-state index in [1.807, 2.05) is 4.90 Å². The second kappa shape index (κ2) is 3.01. The summed E-state index contributed by atoms with van der Waals surface area (Å²) in [5, 5.41) is 0. The zero-order chi connectivity index (χ0) is 7.56. The number of likely N-dealkylation sites (tertiary alicyclic amines) is 1. The van der Waals surface area contributed by atoms with Crippen LogP contribution in [0.2, 0.25) is 0 Å². The Morgan fingerprint density at radius 3 is 2.90 bits per heavy atom. The fraction of sp³-hybridized carbons (Fsp3) is 0.857. The van der Waals surface area contributed by atoms with Gasteiger partial charge in [-0.2, -0.15) is 0 Å². The molecule has 0 aliphatic carbocycles. The van der Waals surface area contributed by atoms with E-state index in [9.17, 15) is 4.79 Å². The van der Waals surface area contributed by atoms with Gasteiger partial charge in [-0.25, -0.2) is 0 Å². The molecule has 0 aromatic rings. The maximum absolute atomic E-state index is 11.1. The van der Waals surface area contributed by atoms with Gasteiger partial charge in [-0.1, -0.05) is 6.92 Å². The van der Waals surface area contributed by atoms with Crippen LogP contribution in [0.1, 0.15) is 19.8 Å². The van der Waals surface area contributed by atoms with Crippen molar-refractivity contribution in [3.05, 3.63) is 0 Å². The van der Waals surface area contributed by atoms with Gasteiger partial charge in [0.1, 0.15) is 0 Å². The zero-order valence-corrected chi connectivity index (χ0v) is 6.34. The third kappa shape index (κ3) is 1.29. The number of carbonyl (C=O) groups is 1. The molecule has 1 fully saturated rings. The Morgan fingerprint density at radius 2 is 2.50 bits per heavy atom. The lowest BCUT2D eigenvalue weighted by molar-refractivity contribution is -0.128. The highest BCUT2D eigenvalue weighted by atomic mass is 16.2. The van der Waals surface area contributed by atoms with Crippen LogP contribution in [0, 0.1) is 0 Å². The second-order valence-electron chi connectivity index (χ2n) is 2.72. The summed E-state index contributed by atoms with van der Waals surface area (Å²) in [6.07, 6.45) is 1.86. The van der Waals surface area contributed by atoms with Crippen LogP contribution in [0.15, 0.2) is 0 Å². The molecule has 1 unspecified atom stereocenters. The highest BCUT2D eigenvalue weighted by Gasteiger charge is 2.27. The topological polar surface area (TPSA) is 46.3 Å². The summed E-state index contributed by atoms with van der Waals surface area (Å²) in [6, 6.07) is -0.216. The Balaban J connectivity index is 2.41. The number of rotatable bonds is 2. The van der Waals surface area contributed by atoms with E-state index >= 15 is 0 Å². The van der Waals surface area contributed by atoms with E-state index in [0.717, 1.165) is 25.9 Å². The van der Waals surface area contributed by atoms with Crippen LogP contribution in [0.3, 0.4) is 0 Å². The molecule has 2 N–H and O–H groups in total. The molecule has 0 bridgehead atoms. The third-order valence-corrected chi connectivity index (χ3v) is 1.83. The molecule has 1 heterocycles. The Morgan fingerprint density at radius 1 is 1.80 bits per heavy atom. The lowest BCUT2D eigenvalue weighted by Crippen LogP contribution is -2.34. The van der Waals surface area contributed by atoms with E-state index in [4.69, 9.17) is 5.73 Å². The van der Waals surface area contributed by atoms with E-state index in [1.165, 1.54) is 0 Å². The van der Waals surface area contributed by atoms with Crippen molar-refractivity contribution in [3.8, 4) is 0 Å². The summed E-state index contributed by atoms with van der Waals surface area (Å²) in [4.78, 5) is 12.9. The molecule has 10 heavy (non-hydrogen) atoms. The van der Waals surface area contributed by atoms with Crippen LogP contribution in [-0.4, -0.2) is 29.9 Å². The van der Waals surface area contributed by atoms with Crippen LogP contribution < -0.4 is 5.73 Å². The second-order valence-corrected chi connectivity index (χ2v) is 2.72. The molecule has 3 nitrogen and oxygen atoms in total. The smallest absolute Gasteiger partial charge is 0.239 e. The van der Waals surface area contributed by atoms with Crippen LogP contribution in [-0.2, 0) is 4.79 Å². The van der Waals surface area contributed by atoms with E-state index in [1.54, 1.807) is 0 Å². The van der Waals surface area contributed by atoms with Crippen molar-refractivity contribution in [1.82, 2.24) is 4.90 Å². The first-order chi connectivity index (χ1) is 4.75. The Hall–Kier alpha value is -0.570. The van der Waals surface area contributed by atoms with Crippen molar-refractivity contribution >= 4 is 5.91 Å². The number of nitrogens with two attached hydrogens (primary N) is 1. The van der Waals surface area contributed by atoms with Crippen molar-refractivity contribution in [2.24, 2.45) is 5.73 Å². The van der Waals surface area contributed by atoms with Crippen LogP contribution in [0.4, 0.5) is 0 Å². The van der Waals surface area contributed by atoms with Crippen molar-refractivity contribution < 1.29 is 4.79 Å². The van der Waals surface area contributed by atoms with Crippen molar-refractivity contribution in [1.29, 1.82) is 0 Å². The van der Waals surface area contributed by atoms with E-state index in [-0.39, 0.29) is 11.9 Å². The minimum atomic E-state index is -0.216. The molecule has 3 heteroatoms. The van der Waals surface area contributed by atoms with Crippen molar-refractivity contribution in [2.45, 2.75) is 25.8 Å². The summed E-state index contributed by atoms with van der Waals surface area (Å²) >= 11 is 0. The molecular formula is C7H14N2O. The summed E-state index contributed by atoms with van der Waals surface area (Å²) in [7, 11) is 0. The number of amides is 1. The van der Waals surface area contributed by atoms with Gasteiger partial charge in [0, 0.05) is 13.1 Å². The third-order valence-electron chi connectivity index (χ3n) is 1.83. The predicted octanol–water partition coefficient (Wildman–Crippen LogP) is -0.0440. The Kier molecular flexibility index (Phi) is 2.27. The summed E-state index contributed by atoms with van der Waals surface area (Å²) < 4.78 is 0. The van der Waals surface area contributed by atoms with Gasteiger partial charge in [-0.05, 0) is 12.8 Å². The lowest BCUT2D eigenvalue weighted by Gasteiger charge is -2.13. The van der Waals surface area contributed by atoms with Crippen LogP contribution in [0.5, 0.6) is 0 Å². The largest absolute Gasteiger partial charge is 0.341 e. The van der Waals surface area contributed by atoms with Crippen molar-refractivity contribution in [3.63, 3.8) is 0 Å². The number of hydrogen-bond donors (Lipinski definition) is 1. The predicted molar refractivity (Wildman–Crippen MR) is 39.5 cm³/mol. The maximum Gasteiger partial charge on any atom is 0.239 e. The highest BCUT2D eigenvalue weighted by molar-refractivity contribution is 5.83. The minimum absolute atomic E-state index is 0.127. The quantitative estimate of drug-likeness (QED) is 0.588. The SMILES string of the molecule is CCCN1CCC(N)C1=O. The Bertz CT molecular complexity index is 134. The van der Waals surface area contributed by atoms with Gasteiger partial charge >= 0.3 is 0 Å². The zero-order valence-electron chi connectivity index (χ0n) is 6.34. The molecule has 1 saturated heterocycles. The van der Waals surface area contributed by atoms with Gasteiger partial charge in [0.05, 0.1) is 6.04 Å². The lowest BCUT2D eigenvalue weighted by atomic mass is 10.3. The molecule has 0 radical (unpaired) electrons. The summed E-state index contributed by atoms with van der Waals surface area (Å²) in [5.41, 5.74) is 5.51. The van der Waals surface area contributed by atoms with Crippen molar-refractivity contribution in [2.75, 3.05) is 13.1 Å². The molecule has 0 aromatic carbocycles. The van der Waals surface area contributed by atoms with Crippen LogP contribution >= 0.6 is 0 Å². The van der Waals surface area contributed by atoms with Gasteiger partial charge in [-0.3, -0.25) is 4.79 Å². The number of hydrogen-bond acceptors (Lipinski definition) is 2. The van der Waals surface area contributed by atoms with Gasteiger partial charge in [0.2, 0.25) is 5.91 Å². The van der Waals surface area contributed by atoms with E-state index in [2.05, 4.69) is 6.92 Å². The molecule has 1 rings (SSSR count). The monoisotopic (exact) mass is 142 g/mol. The summed E-state index contributed by atoms with van der Waals surface area (Å²) in [6.45, 7) is 3.79. The average molecular weight is 142 g/mol. The van der Waals surface area contributed by atoms with Gasteiger partial charge < -0.3 is 10.6 Å². The fourth-order valence-corrected chi connectivity index (χ4v) is 1.26. The first-order valence-electron chi connectivity index (χ1n) is 3.80. The molecule has 0 saturated carbocycles. The Labute approximate surface area is 61.2 Å². The standard InChI is InChI=1S/C7H14N2O/c1-2-4-9-5-3-6(8)7(9)10/h6H,2-5,8H2,1H3. The van der Waals surface area contributed by atoms with Gasteiger partial charge in [0.15, 0.2) is 0 Å². The molecule has 58 valence electrons. The highest BCUT2D eigenvalue weighted by Crippen LogP contribution is 2.08. The van der Waals surface area contributed by atoms with E-state index in [0.29, 0.717) is 0 Å². The summed E-state index contributed by atoms with van der Waals surface area (Å²) in [5.74, 6) is 0.127. The molecule has 1 aliphatic rings. The molecular weight excluding hydrogens is 128 g/mol. The number of nitrogens with zero attached hydrogens (tertiary/aromatic N) is 1. The van der Waals surface area contributed by atoms with Gasteiger partial charge in [-0.15, -0.1) is 0 Å². The molecule has 0 aromatic heterocycles. The molecule has 1 atom stereocenters. The fourth-order valence-electron chi connectivity index (χ4n) is 1.26. The van der Waals surface area contributed by atoms with Gasteiger partial charge in [0.25, 0.3) is 0 Å². The molecule has 0 spiro atoms. The van der Waals surface area contributed by atoms with Crippen LogP contribution in [0.25, 0.3) is 0 Å². The normalized spacial score (nSPS) is 26.0. The first kappa shape index (κ1) is 7.54. The maximum atomic E-state index is 11.1. The average Bonchev–Trinajstić information content (AvgIpc) is 2.20.